The zero-order valence-electron chi connectivity index (χ0n) is 13.8. The smallest absolute Gasteiger partial charge is 0.334 e. The summed E-state index contributed by atoms with van der Waals surface area (Å²) in [6.07, 6.45) is 0.601. The molecule has 0 saturated heterocycles. The average molecular weight is 419 g/mol. The van der Waals surface area contributed by atoms with E-state index in [0.717, 1.165) is 5.56 Å². The highest BCUT2D eigenvalue weighted by atomic mass is 35.5. The second kappa shape index (κ2) is 7.05. The van der Waals surface area contributed by atoms with Crippen LogP contribution in [0.3, 0.4) is 0 Å². The van der Waals surface area contributed by atoms with Gasteiger partial charge in [0.2, 0.25) is 0 Å². The normalized spacial score (nSPS) is 14.8. The average Bonchev–Trinajstić information content (AvgIpc) is 2.58. The Morgan fingerprint density at radius 3 is 2.41 bits per heavy atom. The van der Waals surface area contributed by atoms with Crippen LogP contribution in [0.5, 0.6) is 0 Å². The summed E-state index contributed by atoms with van der Waals surface area (Å²) in [4.78, 5) is 14.2. The molecule has 10 heteroatoms. The lowest BCUT2D eigenvalue weighted by Gasteiger charge is -2.29. The highest BCUT2D eigenvalue weighted by molar-refractivity contribution is 7.93. The van der Waals surface area contributed by atoms with E-state index in [1.807, 2.05) is 0 Å². The van der Waals surface area contributed by atoms with Crippen molar-refractivity contribution in [2.45, 2.75) is 18.5 Å². The standard InChI is InChI=1S/C17H14ClF3N2O3S/c18-15-3-1-2-14-13(15)8-9-23(16(14)24)10-11-4-6-12(7-5-11)22-27(25,26)17(19,20)21/h1-7,22H,8-10H2. The Bertz CT molecular complexity index is 976. The quantitative estimate of drug-likeness (QED) is 0.821. The van der Waals surface area contributed by atoms with Gasteiger partial charge in [-0.25, -0.2) is 0 Å². The minimum Gasteiger partial charge on any atom is -0.334 e. The van der Waals surface area contributed by atoms with Gasteiger partial charge in [0.15, 0.2) is 0 Å². The predicted octanol–water partition coefficient (Wildman–Crippen LogP) is 3.80. The Hall–Kier alpha value is -2.26. The molecule has 2 aromatic rings. The number of carbonyl (C=O) groups excluding carboxylic acids is 1. The molecule has 1 N–H and O–H groups in total. The number of anilines is 1. The number of halogens is 4. The third-order valence-corrected chi connectivity index (χ3v) is 5.62. The van der Waals surface area contributed by atoms with Gasteiger partial charge in [0.25, 0.3) is 5.91 Å². The minimum atomic E-state index is -5.46. The van der Waals surface area contributed by atoms with Crippen LogP contribution < -0.4 is 4.72 Å². The molecule has 2 aromatic carbocycles. The number of hydrogen-bond acceptors (Lipinski definition) is 3. The second-order valence-electron chi connectivity index (χ2n) is 5.99. The van der Waals surface area contributed by atoms with Gasteiger partial charge in [-0.05, 0) is 41.8 Å². The van der Waals surface area contributed by atoms with Gasteiger partial charge in [-0.15, -0.1) is 0 Å². The van der Waals surface area contributed by atoms with Crippen molar-refractivity contribution in [2.75, 3.05) is 11.3 Å². The van der Waals surface area contributed by atoms with Crippen molar-refractivity contribution in [3.05, 3.63) is 64.2 Å². The maximum Gasteiger partial charge on any atom is 0.516 e. The van der Waals surface area contributed by atoms with Crippen molar-refractivity contribution in [1.82, 2.24) is 4.90 Å². The van der Waals surface area contributed by atoms with Crippen LogP contribution in [0.15, 0.2) is 42.5 Å². The van der Waals surface area contributed by atoms with Gasteiger partial charge in [0, 0.05) is 29.4 Å². The first kappa shape index (κ1) is 19.5. The molecular formula is C17H14ClF3N2O3S. The van der Waals surface area contributed by atoms with Crippen molar-refractivity contribution in [2.24, 2.45) is 0 Å². The van der Waals surface area contributed by atoms with Crippen molar-refractivity contribution < 1.29 is 26.4 Å². The molecule has 0 fully saturated rings. The first-order chi connectivity index (χ1) is 12.6. The summed E-state index contributed by atoms with van der Waals surface area (Å²) in [6.45, 7) is 0.703. The van der Waals surface area contributed by atoms with Crippen LogP contribution in [0.2, 0.25) is 5.02 Å². The van der Waals surface area contributed by atoms with Crippen molar-refractivity contribution in [1.29, 1.82) is 0 Å². The Kier molecular flexibility index (Phi) is 5.09. The van der Waals surface area contributed by atoms with Crippen LogP contribution in [0, 0.1) is 0 Å². The number of rotatable bonds is 4. The van der Waals surface area contributed by atoms with Gasteiger partial charge in [-0.3, -0.25) is 9.52 Å². The van der Waals surface area contributed by atoms with Gasteiger partial charge < -0.3 is 4.90 Å². The number of carbonyl (C=O) groups is 1. The van der Waals surface area contributed by atoms with E-state index in [0.29, 0.717) is 29.1 Å². The molecule has 0 radical (unpaired) electrons. The van der Waals surface area contributed by atoms with Gasteiger partial charge in [0.1, 0.15) is 0 Å². The van der Waals surface area contributed by atoms with Gasteiger partial charge in [-0.1, -0.05) is 29.8 Å². The largest absolute Gasteiger partial charge is 0.516 e. The van der Waals surface area contributed by atoms with E-state index in [4.69, 9.17) is 11.6 Å². The molecule has 0 spiro atoms. The first-order valence-corrected chi connectivity index (χ1v) is 9.69. The fourth-order valence-electron chi connectivity index (χ4n) is 2.79. The molecule has 0 aliphatic carbocycles. The number of benzene rings is 2. The second-order valence-corrected chi connectivity index (χ2v) is 8.07. The first-order valence-electron chi connectivity index (χ1n) is 7.83. The summed E-state index contributed by atoms with van der Waals surface area (Å²) in [5.74, 6) is -0.180. The van der Waals surface area contributed by atoms with Gasteiger partial charge >= 0.3 is 15.5 Å². The van der Waals surface area contributed by atoms with Gasteiger partial charge in [-0.2, -0.15) is 21.6 Å². The minimum absolute atomic E-state index is 0.180. The molecule has 0 bridgehead atoms. The Morgan fingerprint density at radius 1 is 1.11 bits per heavy atom. The summed E-state index contributed by atoms with van der Waals surface area (Å²) >= 11 is 6.11. The predicted molar refractivity (Wildman–Crippen MR) is 94.9 cm³/mol. The Morgan fingerprint density at radius 2 is 1.78 bits per heavy atom. The fraction of sp³-hybridized carbons (Fsp3) is 0.235. The zero-order chi connectivity index (χ0) is 19.8. The van der Waals surface area contributed by atoms with E-state index >= 15 is 0 Å². The molecule has 1 heterocycles. The number of hydrogen-bond donors (Lipinski definition) is 1. The van der Waals surface area contributed by atoms with E-state index in [2.05, 4.69) is 0 Å². The van der Waals surface area contributed by atoms with E-state index in [1.165, 1.54) is 29.0 Å². The molecule has 1 aliphatic rings. The Balaban J connectivity index is 1.72. The monoisotopic (exact) mass is 418 g/mol. The molecule has 144 valence electrons. The molecule has 1 amide bonds. The number of fused-ring (bicyclic) bond motifs is 1. The highest BCUT2D eigenvalue weighted by Crippen LogP contribution is 2.28. The Labute approximate surface area is 158 Å². The van der Waals surface area contributed by atoms with Crippen LogP contribution in [-0.4, -0.2) is 31.3 Å². The molecular weight excluding hydrogens is 405 g/mol. The molecule has 27 heavy (non-hydrogen) atoms. The summed E-state index contributed by atoms with van der Waals surface area (Å²) < 4.78 is 60.9. The third-order valence-electron chi connectivity index (χ3n) is 4.15. The number of sulfonamides is 1. The zero-order valence-corrected chi connectivity index (χ0v) is 15.3. The van der Waals surface area contributed by atoms with Crippen molar-refractivity contribution in [3.8, 4) is 0 Å². The lowest BCUT2D eigenvalue weighted by Crippen LogP contribution is -2.37. The van der Waals surface area contributed by atoms with E-state index in [-0.39, 0.29) is 18.1 Å². The SMILES string of the molecule is O=C1c2cccc(Cl)c2CCN1Cc1ccc(NS(=O)(=O)C(F)(F)F)cc1. The van der Waals surface area contributed by atoms with Crippen LogP contribution in [0.4, 0.5) is 18.9 Å². The molecule has 3 rings (SSSR count). The fourth-order valence-corrected chi connectivity index (χ4v) is 3.63. The summed E-state index contributed by atoms with van der Waals surface area (Å²) in [7, 11) is -5.46. The molecule has 5 nitrogen and oxygen atoms in total. The molecule has 1 aliphatic heterocycles. The van der Waals surface area contributed by atoms with E-state index in [9.17, 15) is 26.4 Å². The van der Waals surface area contributed by atoms with Crippen molar-refractivity contribution in [3.63, 3.8) is 0 Å². The highest BCUT2D eigenvalue weighted by Gasteiger charge is 2.46. The number of alkyl halides is 3. The van der Waals surface area contributed by atoms with Crippen molar-refractivity contribution >= 4 is 33.2 Å². The summed E-state index contributed by atoms with van der Waals surface area (Å²) in [5, 5.41) is 0.543. The van der Waals surface area contributed by atoms with Crippen LogP contribution in [0.1, 0.15) is 21.5 Å². The summed E-state index contributed by atoms with van der Waals surface area (Å²) in [6, 6.07) is 10.5. The van der Waals surface area contributed by atoms with Crippen LogP contribution in [-0.2, 0) is 23.0 Å². The molecule has 0 unspecified atom stereocenters. The molecule has 0 aromatic heterocycles. The number of nitrogens with one attached hydrogen (secondary N) is 1. The number of amides is 1. The maximum absolute atomic E-state index is 12.6. The third kappa shape index (κ3) is 4.03. The number of nitrogens with zero attached hydrogens (tertiary/aromatic N) is 1. The molecule has 0 saturated carbocycles. The van der Waals surface area contributed by atoms with E-state index in [1.54, 1.807) is 23.1 Å². The maximum atomic E-state index is 12.6. The topological polar surface area (TPSA) is 66.5 Å². The lowest BCUT2D eigenvalue weighted by molar-refractivity contribution is -0.0429. The van der Waals surface area contributed by atoms with Crippen LogP contribution >= 0.6 is 11.6 Å². The van der Waals surface area contributed by atoms with E-state index < -0.39 is 15.5 Å². The molecule has 0 atom stereocenters. The van der Waals surface area contributed by atoms with Crippen LogP contribution in [0.25, 0.3) is 0 Å². The lowest BCUT2D eigenvalue weighted by atomic mass is 9.98. The summed E-state index contributed by atoms with van der Waals surface area (Å²) in [5.41, 5.74) is -3.61. The van der Waals surface area contributed by atoms with Gasteiger partial charge in [0.05, 0.1) is 0 Å².